The van der Waals surface area contributed by atoms with Crippen molar-refractivity contribution < 1.29 is 9.21 Å². The molecule has 0 aliphatic carbocycles. The largest absolute Gasteiger partial charge is 0.467 e. The Labute approximate surface area is 168 Å². The maximum Gasteiger partial charge on any atom is 0.239 e. The Balaban J connectivity index is 0.00000312. The lowest BCUT2D eigenvalue weighted by Crippen LogP contribution is -2.43. The second-order valence-electron chi connectivity index (χ2n) is 5.21. The summed E-state index contributed by atoms with van der Waals surface area (Å²) in [6.45, 7) is 5.33. The first kappa shape index (κ1) is 21.4. The predicted molar refractivity (Wildman–Crippen MR) is 111 cm³/mol. The van der Waals surface area contributed by atoms with Crippen LogP contribution in [0.3, 0.4) is 0 Å². The van der Waals surface area contributed by atoms with Crippen LogP contribution in [0.5, 0.6) is 0 Å². The van der Waals surface area contributed by atoms with Crippen LogP contribution >= 0.6 is 35.3 Å². The number of hydrogen-bond donors (Lipinski definition) is 3. The zero-order chi connectivity index (χ0) is 17.4. The Morgan fingerprint density at radius 3 is 2.72 bits per heavy atom. The van der Waals surface area contributed by atoms with E-state index in [4.69, 9.17) is 4.42 Å². The van der Waals surface area contributed by atoms with E-state index in [9.17, 15) is 4.79 Å². The molecule has 2 rings (SSSR count). The van der Waals surface area contributed by atoms with Gasteiger partial charge in [-0.2, -0.15) is 0 Å². The van der Waals surface area contributed by atoms with E-state index in [2.05, 4.69) is 32.9 Å². The molecule has 1 amide bonds. The Morgan fingerprint density at radius 1 is 1.32 bits per heavy atom. The van der Waals surface area contributed by atoms with E-state index in [-0.39, 0.29) is 36.4 Å². The minimum absolute atomic E-state index is 0. The fraction of sp³-hybridized carbons (Fsp3) is 0.438. The highest BCUT2D eigenvalue weighted by Crippen LogP contribution is 2.16. The van der Waals surface area contributed by atoms with Crippen molar-refractivity contribution in [2.75, 3.05) is 20.1 Å². The van der Waals surface area contributed by atoms with Crippen molar-refractivity contribution in [2.24, 2.45) is 4.99 Å². The highest BCUT2D eigenvalue weighted by Gasteiger charge is 2.06. The van der Waals surface area contributed by atoms with Crippen molar-refractivity contribution in [3.63, 3.8) is 0 Å². The average molecular weight is 477 g/mol. The first-order valence-corrected chi connectivity index (χ1v) is 8.56. The first-order valence-electron chi connectivity index (χ1n) is 7.75. The Bertz CT molecular complexity index is 665. The van der Waals surface area contributed by atoms with Crippen LogP contribution in [0.15, 0.2) is 27.8 Å². The van der Waals surface area contributed by atoms with Gasteiger partial charge in [0, 0.05) is 24.9 Å². The van der Waals surface area contributed by atoms with E-state index in [1.165, 1.54) is 4.88 Å². The zero-order valence-electron chi connectivity index (χ0n) is 14.6. The van der Waals surface area contributed by atoms with Gasteiger partial charge >= 0.3 is 0 Å². The Kier molecular flexibility index (Phi) is 9.50. The number of thiazole rings is 1. The predicted octanol–water partition coefficient (Wildman–Crippen LogP) is 1.99. The summed E-state index contributed by atoms with van der Waals surface area (Å²) in [4.78, 5) is 21.6. The SMILES string of the molecule is CN=C(NCCc1nc(C)c(C)s1)NCC(=O)NCc1ccco1.I. The molecule has 3 N–H and O–H groups in total. The first-order chi connectivity index (χ1) is 11.6. The van der Waals surface area contributed by atoms with Crippen molar-refractivity contribution >= 4 is 47.2 Å². The van der Waals surface area contributed by atoms with Gasteiger partial charge in [-0.25, -0.2) is 4.98 Å². The summed E-state index contributed by atoms with van der Waals surface area (Å²) in [6.07, 6.45) is 2.40. The molecular formula is C16H24IN5O2S. The zero-order valence-corrected chi connectivity index (χ0v) is 17.7. The van der Waals surface area contributed by atoms with E-state index in [1.54, 1.807) is 30.7 Å². The molecule has 0 saturated heterocycles. The molecule has 0 atom stereocenters. The topological polar surface area (TPSA) is 91.5 Å². The molecule has 0 aliphatic heterocycles. The summed E-state index contributed by atoms with van der Waals surface area (Å²) < 4.78 is 5.16. The van der Waals surface area contributed by atoms with Gasteiger partial charge in [-0.15, -0.1) is 35.3 Å². The highest BCUT2D eigenvalue weighted by molar-refractivity contribution is 14.0. The lowest BCUT2D eigenvalue weighted by atomic mass is 10.4. The molecule has 25 heavy (non-hydrogen) atoms. The Morgan fingerprint density at radius 2 is 2.12 bits per heavy atom. The summed E-state index contributed by atoms with van der Waals surface area (Å²) >= 11 is 1.71. The van der Waals surface area contributed by atoms with Crippen LogP contribution < -0.4 is 16.0 Å². The average Bonchev–Trinajstić information content (AvgIpc) is 3.19. The number of nitrogens with zero attached hydrogens (tertiary/aromatic N) is 2. The van der Waals surface area contributed by atoms with Gasteiger partial charge in [-0.05, 0) is 26.0 Å². The molecule has 0 bridgehead atoms. The summed E-state index contributed by atoms with van der Waals surface area (Å²) in [7, 11) is 1.67. The number of furan rings is 1. The molecule has 0 saturated carbocycles. The fourth-order valence-electron chi connectivity index (χ4n) is 1.98. The van der Waals surface area contributed by atoms with Crippen LogP contribution in [0.4, 0.5) is 0 Å². The number of amides is 1. The number of carbonyl (C=O) groups excluding carboxylic acids is 1. The monoisotopic (exact) mass is 477 g/mol. The summed E-state index contributed by atoms with van der Waals surface area (Å²) in [5.74, 6) is 1.19. The summed E-state index contributed by atoms with van der Waals surface area (Å²) in [5.41, 5.74) is 1.09. The number of hydrogen-bond acceptors (Lipinski definition) is 5. The highest BCUT2D eigenvalue weighted by atomic mass is 127. The van der Waals surface area contributed by atoms with E-state index in [0.29, 0.717) is 19.0 Å². The van der Waals surface area contributed by atoms with Gasteiger partial charge in [-0.1, -0.05) is 0 Å². The van der Waals surface area contributed by atoms with Crippen molar-refractivity contribution in [2.45, 2.75) is 26.8 Å². The van der Waals surface area contributed by atoms with E-state index >= 15 is 0 Å². The molecule has 2 aromatic rings. The van der Waals surface area contributed by atoms with Gasteiger partial charge in [0.25, 0.3) is 0 Å². The smallest absolute Gasteiger partial charge is 0.239 e. The van der Waals surface area contributed by atoms with Gasteiger partial charge in [0.2, 0.25) is 5.91 Å². The van der Waals surface area contributed by atoms with Gasteiger partial charge in [0.15, 0.2) is 5.96 Å². The molecule has 2 heterocycles. The number of carbonyl (C=O) groups is 1. The van der Waals surface area contributed by atoms with Crippen LogP contribution in [-0.4, -0.2) is 37.0 Å². The van der Waals surface area contributed by atoms with Crippen LogP contribution in [0.25, 0.3) is 0 Å². The minimum atomic E-state index is -0.125. The number of nitrogens with one attached hydrogen (secondary N) is 3. The third kappa shape index (κ3) is 7.43. The third-order valence-electron chi connectivity index (χ3n) is 3.38. The molecule has 7 nitrogen and oxygen atoms in total. The molecule has 0 unspecified atom stereocenters. The lowest BCUT2D eigenvalue weighted by molar-refractivity contribution is -0.120. The van der Waals surface area contributed by atoms with Gasteiger partial charge in [-0.3, -0.25) is 9.79 Å². The van der Waals surface area contributed by atoms with Crippen LogP contribution in [0.1, 0.15) is 21.3 Å². The molecule has 0 aromatic carbocycles. The Hall–Kier alpha value is -1.62. The van der Waals surface area contributed by atoms with E-state index in [0.717, 1.165) is 22.9 Å². The van der Waals surface area contributed by atoms with Gasteiger partial charge in [0.05, 0.1) is 30.1 Å². The molecule has 0 aliphatic rings. The van der Waals surface area contributed by atoms with Gasteiger partial charge in [0.1, 0.15) is 5.76 Å². The number of rotatable bonds is 7. The van der Waals surface area contributed by atoms with Crippen LogP contribution in [0, 0.1) is 13.8 Å². The maximum atomic E-state index is 11.8. The number of guanidine groups is 1. The second-order valence-corrected chi connectivity index (χ2v) is 6.50. The number of halogens is 1. The van der Waals surface area contributed by atoms with Crippen molar-refractivity contribution in [3.8, 4) is 0 Å². The molecular weight excluding hydrogens is 453 g/mol. The fourth-order valence-corrected chi connectivity index (χ4v) is 2.91. The second kappa shape index (κ2) is 11.1. The standard InChI is InChI=1S/C16H23N5O2S.HI/c1-11-12(2)24-15(21-11)6-7-18-16(17-3)20-10-14(22)19-9-13-5-4-8-23-13;/h4-5,8H,6-7,9-10H2,1-3H3,(H,19,22)(H2,17,18,20);1H. The lowest BCUT2D eigenvalue weighted by Gasteiger charge is -2.11. The van der Waals surface area contributed by atoms with Crippen molar-refractivity contribution in [1.29, 1.82) is 0 Å². The number of aryl methyl sites for hydroxylation is 2. The third-order valence-corrected chi connectivity index (χ3v) is 4.52. The molecule has 0 spiro atoms. The molecule has 9 heteroatoms. The number of aromatic nitrogens is 1. The minimum Gasteiger partial charge on any atom is -0.467 e. The number of aliphatic imine (C=N–C) groups is 1. The van der Waals surface area contributed by atoms with Crippen LogP contribution in [0.2, 0.25) is 0 Å². The van der Waals surface area contributed by atoms with Crippen molar-refractivity contribution in [1.82, 2.24) is 20.9 Å². The molecule has 138 valence electrons. The van der Waals surface area contributed by atoms with Gasteiger partial charge < -0.3 is 20.4 Å². The molecule has 0 fully saturated rings. The van der Waals surface area contributed by atoms with E-state index < -0.39 is 0 Å². The normalized spacial score (nSPS) is 10.9. The summed E-state index contributed by atoms with van der Waals surface area (Å²) in [5, 5.41) is 10.0. The molecule has 2 aromatic heterocycles. The molecule has 0 radical (unpaired) electrons. The van der Waals surface area contributed by atoms with E-state index in [1.807, 2.05) is 13.0 Å². The quantitative estimate of drug-likeness (QED) is 0.323. The summed E-state index contributed by atoms with van der Waals surface area (Å²) in [6, 6.07) is 3.60. The van der Waals surface area contributed by atoms with Crippen molar-refractivity contribution in [3.05, 3.63) is 39.7 Å². The maximum absolute atomic E-state index is 11.8. The van der Waals surface area contributed by atoms with Crippen LogP contribution in [-0.2, 0) is 17.8 Å².